The molecule has 3 aromatic carbocycles. The number of hydrogen-bond donors (Lipinski definition) is 1. The van der Waals surface area contributed by atoms with Crippen molar-refractivity contribution in [1.29, 1.82) is 0 Å². The molecular formula is C25H26N2O2. The van der Waals surface area contributed by atoms with Crippen LogP contribution in [0.3, 0.4) is 0 Å². The Balaban J connectivity index is 1.75. The smallest absolute Gasteiger partial charge is 0.251 e. The van der Waals surface area contributed by atoms with Gasteiger partial charge in [-0.3, -0.25) is 9.59 Å². The summed E-state index contributed by atoms with van der Waals surface area (Å²) in [5.41, 5.74) is 2.59. The zero-order valence-electron chi connectivity index (χ0n) is 16.6. The van der Waals surface area contributed by atoms with Crippen LogP contribution < -0.4 is 5.32 Å². The van der Waals surface area contributed by atoms with Gasteiger partial charge in [0.25, 0.3) is 5.91 Å². The lowest BCUT2D eigenvalue weighted by Gasteiger charge is -2.25. The molecule has 4 heteroatoms. The molecule has 0 heterocycles. The molecule has 2 amide bonds. The van der Waals surface area contributed by atoms with Gasteiger partial charge in [0.2, 0.25) is 5.91 Å². The highest BCUT2D eigenvalue weighted by Gasteiger charge is 2.22. The van der Waals surface area contributed by atoms with Crippen LogP contribution in [0.5, 0.6) is 0 Å². The van der Waals surface area contributed by atoms with Gasteiger partial charge in [0, 0.05) is 18.7 Å². The molecule has 0 aliphatic carbocycles. The fourth-order valence-electron chi connectivity index (χ4n) is 3.25. The van der Waals surface area contributed by atoms with E-state index in [4.69, 9.17) is 0 Å². The Kier molecular flexibility index (Phi) is 7.17. The number of hydrogen-bond acceptors (Lipinski definition) is 2. The van der Waals surface area contributed by atoms with E-state index < -0.39 is 0 Å². The number of nitrogens with one attached hydrogen (secondary N) is 1. The van der Waals surface area contributed by atoms with Gasteiger partial charge in [0.05, 0.1) is 12.5 Å². The molecule has 0 aliphatic rings. The Hall–Kier alpha value is -3.40. The summed E-state index contributed by atoms with van der Waals surface area (Å²) in [5.74, 6) is -0.170. The summed E-state index contributed by atoms with van der Waals surface area (Å²) < 4.78 is 0. The second kappa shape index (κ2) is 10.2. The number of carbonyl (C=O) groups excluding carboxylic acids is 2. The number of benzene rings is 3. The van der Waals surface area contributed by atoms with Crippen molar-refractivity contribution in [2.75, 3.05) is 6.54 Å². The van der Waals surface area contributed by atoms with Gasteiger partial charge in [-0.15, -0.1) is 0 Å². The van der Waals surface area contributed by atoms with Crippen LogP contribution in [0, 0.1) is 0 Å². The number of rotatable bonds is 8. The molecule has 3 rings (SSSR count). The van der Waals surface area contributed by atoms with Gasteiger partial charge in [0.15, 0.2) is 0 Å². The summed E-state index contributed by atoms with van der Waals surface area (Å²) >= 11 is 0. The van der Waals surface area contributed by atoms with Crippen LogP contribution in [0.15, 0.2) is 91.0 Å². The Bertz CT molecular complexity index is 911. The second-order valence-corrected chi connectivity index (χ2v) is 6.90. The van der Waals surface area contributed by atoms with E-state index in [1.165, 1.54) is 0 Å². The SMILES string of the molecule is CCN(Cc1ccccc1)C(=O)C[C@@H](NC(=O)c1ccccc1)c1ccccc1. The van der Waals surface area contributed by atoms with Gasteiger partial charge < -0.3 is 10.2 Å². The molecule has 0 radical (unpaired) electrons. The summed E-state index contributed by atoms with van der Waals surface area (Å²) in [5, 5.41) is 3.04. The first-order chi connectivity index (χ1) is 14.2. The zero-order valence-corrected chi connectivity index (χ0v) is 16.6. The maximum absolute atomic E-state index is 13.1. The first-order valence-electron chi connectivity index (χ1n) is 9.90. The number of carbonyl (C=O) groups is 2. The molecule has 1 atom stereocenters. The molecule has 0 unspecified atom stereocenters. The normalized spacial score (nSPS) is 11.5. The highest BCUT2D eigenvalue weighted by atomic mass is 16.2. The first kappa shape index (κ1) is 20.3. The van der Waals surface area contributed by atoms with Crippen molar-refractivity contribution < 1.29 is 9.59 Å². The van der Waals surface area contributed by atoms with E-state index in [-0.39, 0.29) is 24.3 Å². The van der Waals surface area contributed by atoms with Crippen molar-refractivity contribution in [2.24, 2.45) is 0 Å². The summed E-state index contributed by atoms with van der Waals surface area (Å²) in [6.45, 7) is 3.15. The van der Waals surface area contributed by atoms with E-state index in [1.807, 2.05) is 90.7 Å². The third kappa shape index (κ3) is 5.79. The van der Waals surface area contributed by atoms with Gasteiger partial charge in [0.1, 0.15) is 0 Å². The fraction of sp³-hybridized carbons (Fsp3) is 0.200. The minimum atomic E-state index is -0.388. The van der Waals surface area contributed by atoms with Crippen molar-refractivity contribution in [3.63, 3.8) is 0 Å². The minimum absolute atomic E-state index is 0.0126. The maximum atomic E-state index is 13.1. The van der Waals surface area contributed by atoms with Gasteiger partial charge in [-0.1, -0.05) is 78.9 Å². The Labute approximate surface area is 172 Å². The standard InChI is InChI=1S/C25H26N2O2/c1-2-27(19-20-12-6-3-7-13-20)24(28)18-23(21-14-8-4-9-15-21)26-25(29)22-16-10-5-11-17-22/h3-17,23H,2,18-19H2,1H3,(H,26,29)/t23-/m1/s1. The van der Waals surface area contributed by atoms with E-state index in [0.29, 0.717) is 18.7 Å². The quantitative estimate of drug-likeness (QED) is 0.615. The van der Waals surface area contributed by atoms with Gasteiger partial charge in [-0.2, -0.15) is 0 Å². The molecule has 0 saturated heterocycles. The Morgan fingerprint density at radius 3 is 1.97 bits per heavy atom. The molecule has 148 valence electrons. The molecule has 0 aliphatic heterocycles. The molecule has 0 bridgehead atoms. The number of nitrogens with zero attached hydrogens (tertiary/aromatic N) is 1. The third-order valence-corrected chi connectivity index (χ3v) is 4.87. The molecule has 0 spiro atoms. The van der Waals surface area contributed by atoms with Crippen molar-refractivity contribution in [2.45, 2.75) is 25.9 Å². The van der Waals surface area contributed by atoms with Gasteiger partial charge in [-0.25, -0.2) is 0 Å². The van der Waals surface area contributed by atoms with E-state index in [2.05, 4.69) is 5.32 Å². The summed E-state index contributed by atoms with van der Waals surface area (Å²) in [6, 6.07) is 28.3. The predicted octanol–water partition coefficient (Wildman–Crippen LogP) is 4.60. The van der Waals surface area contributed by atoms with Crippen LogP contribution in [0.25, 0.3) is 0 Å². The molecule has 4 nitrogen and oxygen atoms in total. The van der Waals surface area contributed by atoms with E-state index >= 15 is 0 Å². The van der Waals surface area contributed by atoms with Crippen LogP contribution in [0.2, 0.25) is 0 Å². The molecule has 1 N–H and O–H groups in total. The van der Waals surface area contributed by atoms with Crippen LogP contribution in [0.4, 0.5) is 0 Å². The largest absolute Gasteiger partial charge is 0.345 e. The Morgan fingerprint density at radius 2 is 1.38 bits per heavy atom. The van der Waals surface area contributed by atoms with Crippen LogP contribution in [-0.2, 0) is 11.3 Å². The highest BCUT2D eigenvalue weighted by molar-refractivity contribution is 5.94. The molecular weight excluding hydrogens is 360 g/mol. The van der Waals surface area contributed by atoms with Crippen molar-refractivity contribution in [1.82, 2.24) is 10.2 Å². The first-order valence-corrected chi connectivity index (χ1v) is 9.90. The molecule has 0 aromatic heterocycles. The third-order valence-electron chi connectivity index (χ3n) is 4.87. The minimum Gasteiger partial charge on any atom is -0.345 e. The topological polar surface area (TPSA) is 49.4 Å². The molecule has 0 saturated carbocycles. The van der Waals surface area contributed by atoms with E-state index in [1.54, 1.807) is 12.1 Å². The van der Waals surface area contributed by atoms with Crippen molar-refractivity contribution >= 4 is 11.8 Å². The van der Waals surface area contributed by atoms with Crippen LogP contribution >= 0.6 is 0 Å². The lowest BCUT2D eigenvalue weighted by molar-refractivity contribution is -0.132. The maximum Gasteiger partial charge on any atom is 0.251 e. The monoisotopic (exact) mass is 386 g/mol. The molecule has 29 heavy (non-hydrogen) atoms. The summed E-state index contributed by atoms with van der Waals surface area (Å²) in [7, 11) is 0. The van der Waals surface area contributed by atoms with Gasteiger partial charge >= 0.3 is 0 Å². The fourth-order valence-corrected chi connectivity index (χ4v) is 3.25. The molecule has 0 fully saturated rings. The van der Waals surface area contributed by atoms with Gasteiger partial charge in [-0.05, 0) is 30.2 Å². The average Bonchev–Trinajstić information content (AvgIpc) is 2.78. The second-order valence-electron chi connectivity index (χ2n) is 6.90. The van der Waals surface area contributed by atoms with E-state index in [0.717, 1.165) is 11.1 Å². The van der Waals surface area contributed by atoms with Crippen molar-refractivity contribution in [3.8, 4) is 0 Å². The summed E-state index contributed by atoms with van der Waals surface area (Å²) in [6.07, 6.45) is 0.212. The average molecular weight is 386 g/mol. The predicted molar refractivity (Wildman–Crippen MR) is 115 cm³/mol. The summed E-state index contributed by atoms with van der Waals surface area (Å²) in [4.78, 5) is 27.6. The highest BCUT2D eigenvalue weighted by Crippen LogP contribution is 2.19. The number of amides is 2. The van der Waals surface area contributed by atoms with Crippen LogP contribution in [-0.4, -0.2) is 23.3 Å². The lowest BCUT2D eigenvalue weighted by Crippen LogP contribution is -2.36. The Morgan fingerprint density at radius 1 is 0.828 bits per heavy atom. The van der Waals surface area contributed by atoms with Crippen LogP contribution in [0.1, 0.15) is 40.9 Å². The van der Waals surface area contributed by atoms with Crippen molar-refractivity contribution in [3.05, 3.63) is 108 Å². The lowest BCUT2D eigenvalue weighted by atomic mass is 10.0. The zero-order chi connectivity index (χ0) is 20.5. The molecule has 3 aromatic rings. The van der Waals surface area contributed by atoms with E-state index in [9.17, 15) is 9.59 Å².